The third-order valence-corrected chi connectivity index (χ3v) is 4.10. The van der Waals surface area contributed by atoms with Gasteiger partial charge in [-0.1, -0.05) is 17.7 Å². The average molecular weight is 302 g/mol. The first kappa shape index (κ1) is 14.4. The van der Waals surface area contributed by atoms with Gasteiger partial charge in [0, 0.05) is 11.1 Å². The second-order valence-electron chi connectivity index (χ2n) is 5.82. The van der Waals surface area contributed by atoms with Gasteiger partial charge in [-0.3, -0.25) is 0 Å². The van der Waals surface area contributed by atoms with Crippen molar-refractivity contribution in [3.05, 3.63) is 58.1 Å². The lowest BCUT2D eigenvalue weighted by molar-refractivity contribution is 0.473. The van der Waals surface area contributed by atoms with Gasteiger partial charge in [-0.15, -0.1) is 0 Å². The van der Waals surface area contributed by atoms with E-state index in [1.54, 1.807) is 0 Å². The molecule has 1 aliphatic rings. The van der Waals surface area contributed by atoms with Crippen molar-refractivity contribution in [2.75, 3.05) is 0 Å². The molecule has 0 saturated heterocycles. The lowest BCUT2D eigenvalue weighted by Crippen LogP contribution is -2.18. The van der Waals surface area contributed by atoms with Crippen molar-refractivity contribution < 1.29 is 4.74 Å². The Kier molecular flexibility index (Phi) is 4.18. The maximum absolute atomic E-state index is 6.08. The van der Waals surface area contributed by atoms with Gasteiger partial charge < -0.3 is 10.5 Å². The van der Waals surface area contributed by atoms with E-state index in [0.29, 0.717) is 5.02 Å². The predicted molar refractivity (Wildman–Crippen MR) is 87.3 cm³/mol. The van der Waals surface area contributed by atoms with Crippen LogP contribution >= 0.6 is 11.6 Å². The van der Waals surface area contributed by atoms with E-state index < -0.39 is 0 Å². The summed E-state index contributed by atoms with van der Waals surface area (Å²) in [7, 11) is 0. The number of aryl methyl sites for hydroxylation is 2. The lowest BCUT2D eigenvalue weighted by Gasteiger charge is -2.14. The Morgan fingerprint density at radius 1 is 1.14 bits per heavy atom. The van der Waals surface area contributed by atoms with Crippen molar-refractivity contribution in [3.63, 3.8) is 0 Å². The summed E-state index contributed by atoms with van der Waals surface area (Å²) in [5.74, 6) is 1.73. The Bertz CT molecular complexity index is 652. The molecular weight excluding hydrogens is 282 g/mol. The van der Waals surface area contributed by atoms with E-state index in [0.717, 1.165) is 29.9 Å². The van der Waals surface area contributed by atoms with Gasteiger partial charge in [-0.05, 0) is 79.6 Å². The lowest BCUT2D eigenvalue weighted by atomic mass is 10.1. The van der Waals surface area contributed by atoms with Crippen LogP contribution in [0.4, 0.5) is 0 Å². The fraction of sp³-hybridized carbons (Fsp3) is 0.333. The summed E-state index contributed by atoms with van der Waals surface area (Å²) in [6.07, 6.45) is 4.34. The SMILES string of the molecule is CC(N)Cc1cc(Cl)ccc1Oc1ccc2c(c1)CCC2. The summed E-state index contributed by atoms with van der Waals surface area (Å²) in [4.78, 5) is 0. The molecule has 0 spiro atoms. The first-order valence-electron chi connectivity index (χ1n) is 7.45. The van der Waals surface area contributed by atoms with Crippen LogP contribution in [0.1, 0.15) is 30.0 Å². The number of halogens is 1. The van der Waals surface area contributed by atoms with E-state index in [9.17, 15) is 0 Å². The van der Waals surface area contributed by atoms with Crippen LogP contribution in [0.2, 0.25) is 5.02 Å². The zero-order valence-corrected chi connectivity index (χ0v) is 13.0. The molecule has 3 rings (SSSR count). The van der Waals surface area contributed by atoms with Gasteiger partial charge in [-0.2, -0.15) is 0 Å². The maximum Gasteiger partial charge on any atom is 0.130 e. The molecule has 0 saturated carbocycles. The second kappa shape index (κ2) is 6.08. The molecule has 0 amide bonds. The molecule has 110 valence electrons. The Hall–Kier alpha value is -1.51. The minimum atomic E-state index is 0.0748. The van der Waals surface area contributed by atoms with Crippen molar-refractivity contribution in [1.82, 2.24) is 0 Å². The summed E-state index contributed by atoms with van der Waals surface area (Å²) < 4.78 is 6.08. The van der Waals surface area contributed by atoms with Gasteiger partial charge in [0.1, 0.15) is 11.5 Å². The number of rotatable bonds is 4. The Balaban J connectivity index is 1.87. The minimum Gasteiger partial charge on any atom is -0.457 e. The van der Waals surface area contributed by atoms with Crippen molar-refractivity contribution in [2.24, 2.45) is 5.73 Å². The van der Waals surface area contributed by atoms with Gasteiger partial charge in [-0.25, -0.2) is 0 Å². The first-order valence-corrected chi connectivity index (χ1v) is 7.83. The minimum absolute atomic E-state index is 0.0748. The highest BCUT2D eigenvalue weighted by molar-refractivity contribution is 6.30. The molecule has 2 N–H and O–H groups in total. The molecule has 0 fully saturated rings. The van der Waals surface area contributed by atoms with E-state index >= 15 is 0 Å². The Morgan fingerprint density at radius 3 is 2.76 bits per heavy atom. The van der Waals surface area contributed by atoms with E-state index in [1.807, 2.05) is 25.1 Å². The largest absolute Gasteiger partial charge is 0.457 e. The molecule has 0 aliphatic heterocycles. The number of hydrogen-bond acceptors (Lipinski definition) is 2. The van der Waals surface area contributed by atoms with E-state index in [4.69, 9.17) is 22.1 Å². The highest BCUT2D eigenvalue weighted by Gasteiger charge is 2.13. The maximum atomic E-state index is 6.08. The highest BCUT2D eigenvalue weighted by Crippen LogP contribution is 2.32. The normalized spacial score (nSPS) is 14.8. The third kappa shape index (κ3) is 3.39. The standard InChI is InChI=1S/C18H20ClNO/c1-12(20)9-15-10-16(19)6-8-18(15)21-17-7-5-13-3-2-4-14(13)11-17/h5-8,10-12H,2-4,9,20H2,1H3. The van der Waals surface area contributed by atoms with Crippen molar-refractivity contribution >= 4 is 11.6 Å². The van der Waals surface area contributed by atoms with Crippen LogP contribution in [0.5, 0.6) is 11.5 Å². The molecule has 2 nitrogen and oxygen atoms in total. The van der Waals surface area contributed by atoms with Crippen LogP contribution in [0.3, 0.4) is 0 Å². The number of ether oxygens (including phenoxy) is 1. The fourth-order valence-corrected chi connectivity index (χ4v) is 3.09. The molecule has 0 radical (unpaired) electrons. The van der Waals surface area contributed by atoms with Gasteiger partial charge >= 0.3 is 0 Å². The summed E-state index contributed by atoms with van der Waals surface area (Å²) in [6, 6.07) is 12.2. The Labute approximate surface area is 130 Å². The van der Waals surface area contributed by atoms with Crippen LogP contribution < -0.4 is 10.5 Å². The van der Waals surface area contributed by atoms with E-state index in [2.05, 4.69) is 18.2 Å². The summed E-state index contributed by atoms with van der Waals surface area (Å²) in [5, 5.41) is 0.715. The molecule has 1 unspecified atom stereocenters. The van der Waals surface area contributed by atoms with Gasteiger partial charge in [0.15, 0.2) is 0 Å². The molecule has 0 bridgehead atoms. The third-order valence-electron chi connectivity index (χ3n) is 3.86. The van der Waals surface area contributed by atoms with Gasteiger partial charge in [0.05, 0.1) is 0 Å². The van der Waals surface area contributed by atoms with Crippen LogP contribution in [-0.2, 0) is 19.3 Å². The Morgan fingerprint density at radius 2 is 1.95 bits per heavy atom. The van der Waals surface area contributed by atoms with E-state index in [1.165, 1.54) is 24.0 Å². The van der Waals surface area contributed by atoms with Gasteiger partial charge in [0.2, 0.25) is 0 Å². The van der Waals surface area contributed by atoms with Crippen LogP contribution in [0.25, 0.3) is 0 Å². The molecule has 21 heavy (non-hydrogen) atoms. The van der Waals surface area contributed by atoms with Crippen molar-refractivity contribution in [2.45, 2.75) is 38.6 Å². The molecular formula is C18H20ClNO. The zero-order chi connectivity index (χ0) is 14.8. The van der Waals surface area contributed by atoms with Crippen LogP contribution in [0.15, 0.2) is 36.4 Å². The molecule has 2 aromatic rings. The zero-order valence-electron chi connectivity index (χ0n) is 12.2. The number of hydrogen-bond donors (Lipinski definition) is 1. The summed E-state index contributed by atoms with van der Waals surface area (Å²) >= 11 is 6.08. The molecule has 0 aromatic heterocycles. The fourth-order valence-electron chi connectivity index (χ4n) is 2.89. The molecule has 2 aromatic carbocycles. The molecule has 3 heteroatoms. The molecule has 0 heterocycles. The van der Waals surface area contributed by atoms with Gasteiger partial charge in [0.25, 0.3) is 0 Å². The van der Waals surface area contributed by atoms with E-state index in [-0.39, 0.29) is 6.04 Å². The summed E-state index contributed by atoms with van der Waals surface area (Å²) in [5.41, 5.74) is 9.83. The first-order chi connectivity index (χ1) is 10.1. The van der Waals surface area contributed by atoms with Crippen molar-refractivity contribution in [1.29, 1.82) is 0 Å². The highest BCUT2D eigenvalue weighted by atomic mass is 35.5. The smallest absolute Gasteiger partial charge is 0.130 e. The second-order valence-corrected chi connectivity index (χ2v) is 6.26. The quantitative estimate of drug-likeness (QED) is 0.901. The topological polar surface area (TPSA) is 35.2 Å². The van der Waals surface area contributed by atoms with Crippen LogP contribution in [-0.4, -0.2) is 6.04 Å². The van der Waals surface area contributed by atoms with Crippen molar-refractivity contribution in [3.8, 4) is 11.5 Å². The predicted octanol–water partition coefficient (Wildman–Crippen LogP) is 4.51. The molecule has 1 atom stereocenters. The monoisotopic (exact) mass is 301 g/mol. The summed E-state index contributed by atoms with van der Waals surface area (Å²) in [6.45, 7) is 1.99. The molecule has 1 aliphatic carbocycles. The number of fused-ring (bicyclic) bond motifs is 1. The number of nitrogens with two attached hydrogens (primary N) is 1. The van der Waals surface area contributed by atoms with Crippen LogP contribution in [0, 0.1) is 0 Å². The number of benzene rings is 2. The average Bonchev–Trinajstić information content (AvgIpc) is 2.88.